The Hall–Kier alpha value is -2.06. The molecule has 1 N–H and O–H groups in total. The molecule has 2 rings (SSSR count). The van der Waals surface area contributed by atoms with Crippen molar-refractivity contribution in [2.45, 2.75) is 13.0 Å². The van der Waals surface area contributed by atoms with Crippen molar-refractivity contribution in [2.75, 3.05) is 0 Å². The molecule has 20 heavy (non-hydrogen) atoms. The molecule has 0 heterocycles. The van der Waals surface area contributed by atoms with Crippen LogP contribution in [0.15, 0.2) is 65.7 Å². The molecule has 0 aliphatic rings. The normalized spacial score (nSPS) is 12.8. The van der Waals surface area contributed by atoms with Gasteiger partial charge < -0.3 is 5.32 Å². The van der Waals surface area contributed by atoms with Crippen LogP contribution in [0.5, 0.6) is 0 Å². The summed E-state index contributed by atoms with van der Waals surface area (Å²) in [5.74, 6) is -0.271. The topological polar surface area (TPSA) is 29.1 Å². The summed E-state index contributed by atoms with van der Waals surface area (Å²) in [6.07, 6.45) is 1.66. The molecular weight excluding hydrogens is 270 g/mol. The third-order valence-electron chi connectivity index (χ3n) is 2.96. The van der Waals surface area contributed by atoms with Gasteiger partial charge in [-0.3, -0.25) is 4.79 Å². The zero-order chi connectivity index (χ0) is 14.4. The zero-order valence-electron chi connectivity index (χ0n) is 11.2. The average Bonchev–Trinajstić information content (AvgIpc) is 2.49. The zero-order valence-corrected chi connectivity index (χ0v) is 12.0. The number of halogens is 1. The van der Waals surface area contributed by atoms with E-state index in [-0.39, 0.29) is 17.0 Å². The van der Waals surface area contributed by atoms with E-state index in [0.29, 0.717) is 0 Å². The fraction of sp³-hybridized carbons (Fsp3) is 0.118. The first kappa shape index (κ1) is 14.4. The van der Waals surface area contributed by atoms with E-state index >= 15 is 0 Å². The van der Waals surface area contributed by atoms with Crippen molar-refractivity contribution in [3.63, 3.8) is 0 Å². The lowest BCUT2D eigenvalue weighted by Crippen LogP contribution is -2.26. The summed E-state index contributed by atoms with van der Waals surface area (Å²) in [4.78, 5) is 12.0. The molecular formula is C17H16ClNO. The second kappa shape index (κ2) is 6.92. The van der Waals surface area contributed by atoms with Gasteiger partial charge in [-0.05, 0) is 24.1 Å². The van der Waals surface area contributed by atoms with Gasteiger partial charge in [0.2, 0.25) is 0 Å². The van der Waals surface area contributed by atoms with Gasteiger partial charge >= 0.3 is 0 Å². The lowest BCUT2D eigenvalue weighted by molar-refractivity contribution is -0.117. The summed E-state index contributed by atoms with van der Waals surface area (Å²) in [6.45, 7) is 1.93. The molecule has 1 unspecified atom stereocenters. The molecule has 2 aromatic rings. The SMILES string of the molecule is CC(NC(=O)C(Cl)=Cc1ccccc1)c1ccccc1. The monoisotopic (exact) mass is 285 g/mol. The largest absolute Gasteiger partial charge is 0.345 e. The second-order valence-electron chi connectivity index (χ2n) is 4.51. The number of nitrogens with one attached hydrogen (secondary N) is 1. The Morgan fingerprint density at radius 1 is 1.05 bits per heavy atom. The van der Waals surface area contributed by atoms with Crippen LogP contribution in [-0.2, 0) is 4.79 Å². The third kappa shape index (κ3) is 3.97. The molecule has 0 aromatic heterocycles. The van der Waals surface area contributed by atoms with Gasteiger partial charge in [-0.2, -0.15) is 0 Å². The molecule has 102 valence electrons. The summed E-state index contributed by atoms with van der Waals surface area (Å²) in [5.41, 5.74) is 1.95. The lowest BCUT2D eigenvalue weighted by Gasteiger charge is -2.13. The quantitative estimate of drug-likeness (QED) is 0.840. The molecule has 1 atom stereocenters. The van der Waals surface area contributed by atoms with E-state index in [4.69, 9.17) is 11.6 Å². The van der Waals surface area contributed by atoms with Crippen molar-refractivity contribution in [2.24, 2.45) is 0 Å². The Morgan fingerprint density at radius 3 is 2.20 bits per heavy atom. The molecule has 0 aliphatic carbocycles. The molecule has 0 spiro atoms. The first-order valence-electron chi connectivity index (χ1n) is 6.45. The van der Waals surface area contributed by atoms with Crippen LogP contribution in [0.1, 0.15) is 24.1 Å². The van der Waals surface area contributed by atoms with Gasteiger partial charge in [0, 0.05) is 0 Å². The van der Waals surface area contributed by atoms with E-state index in [1.165, 1.54) is 0 Å². The van der Waals surface area contributed by atoms with Crippen LogP contribution >= 0.6 is 11.6 Å². The molecule has 2 aromatic carbocycles. The Labute approximate surface area is 124 Å². The maximum atomic E-state index is 12.0. The van der Waals surface area contributed by atoms with Gasteiger partial charge in [0.15, 0.2) is 0 Å². The molecule has 0 fully saturated rings. The third-order valence-corrected chi connectivity index (χ3v) is 3.24. The molecule has 0 bridgehead atoms. The Morgan fingerprint density at radius 2 is 1.60 bits per heavy atom. The maximum absolute atomic E-state index is 12.0. The predicted octanol–water partition coefficient (Wildman–Crippen LogP) is 4.14. The summed E-state index contributed by atoms with van der Waals surface area (Å²) in [6, 6.07) is 19.2. The van der Waals surface area contributed by atoms with Crippen molar-refractivity contribution in [3.8, 4) is 0 Å². The van der Waals surface area contributed by atoms with Gasteiger partial charge in [-0.1, -0.05) is 72.3 Å². The fourth-order valence-corrected chi connectivity index (χ4v) is 2.03. The Balaban J connectivity index is 2.03. The average molecular weight is 286 g/mol. The molecule has 0 aliphatic heterocycles. The van der Waals surface area contributed by atoms with Crippen LogP contribution in [0.2, 0.25) is 0 Å². The number of amides is 1. The first-order chi connectivity index (χ1) is 9.66. The highest BCUT2D eigenvalue weighted by Gasteiger charge is 2.11. The van der Waals surface area contributed by atoms with Gasteiger partial charge in [0.1, 0.15) is 5.03 Å². The number of benzene rings is 2. The van der Waals surface area contributed by atoms with Crippen LogP contribution in [0, 0.1) is 0 Å². The summed E-state index contributed by atoms with van der Waals surface area (Å²) < 4.78 is 0. The van der Waals surface area contributed by atoms with Crippen molar-refractivity contribution < 1.29 is 4.79 Å². The molecule has 2 nitrogen and oxygen atoms in total. The van der Waals surface area contributed by atoms with E-state index in [1.54, 1.807) is 6.08 Å². The summed E-state index contributed by atoms with van der Waals surface area (Å²) in [5, 5.41) is 3.06. The van der Waals surface area contributed by atoms with Gasteiger partial charge in [0.05, 0.1) is 6.04 Å². The van der Waals surface area contributed by atoms with Crippen molar-refractivity contribution >= 4 is 23.6 Å². The first-order valence-corrected chi connectivity index (χ1v) is 6.82. The number of carbonyl (C=O) groups excluding carboxylic acids is 1. The number of carbonyl (C=O) groups is 1. The number of hydrogen-bond donors (Lipinski definition) is 1. The highest BCUT2D eigenvalue weighted by atomic mass is 35.5. The van der Waals surface area contributed by atoms with E-state index in [1.807, 2.05) is 67.6 Å². The lowest BCUT2D eigenvalue weighted by atomic mass is 10.1. The van der Waals surface area contributed by atoms with Crippen LogP contribution in [0.3, 0.4) is 0 Å². The smallest absolute Gasteiger partial charge is 0.263 e. The van der Waals surface area contributed by atoms with Gasteiger partial charge in [0.25, 0.3) is 5.91 Å². The van der Waals surface area contributed by atoms with Gasteiger partial charge in [-0.15, -0.1) is 0 Å². The van der Waals surface area contributed by atoms with Crippen molar-refractivity contribution in [1.29, 1.82) is 0 Å². The standard InChI is InChI=1S/C17H16ClNO/c1-13(15-10-6-3-7-11-15)19-17(20)16(18)12-14-8-4-2-5-9-14/h2-13H,1H3,(H,19,20). The Kier molecular flexibility index (Phi) is 4.97. The minimum Gasteiger partial charge on any atom is -0.345 e. The van der Waals surface area contributed by atoms with E-state index in [0.717, 1.165) is 11.1 Å². The minimum absolute atomic E-state index is 0.0818. The van der Waals surface area contributed by atoms with E-state index in [2.05, 4.69) is 5.32 Å². The highest BCUT2D eigenvalue weighted by Crippen LogP contribution is 2.15. The molecule has 0 saturated heterocycles. The van der Waals surface area contributed by atoms with Crippen molar-refractivity contribution in [3.05, 3.63) is 76.8 Å². The van der Waals surface area contributed by atoms with Gasteiger partial charge in [-0.25, -0.2) is 0 Å². The molecule has 0 saturated carbocycles. The molecule has 0 radical (unpaired) electrons. The number of rotatable bonds is 4. The predicted molar refractivity (Wildman–Crippen MR) is 83.3 cm³/mol. The second-order valence-corrected chi connectivity index (χ2v) is 4.92. The van der Waals surface area contributed by atoms with Crippen LogP contribution in [-0.4, -0.2) is 5.91 Å². The van der Waals surface area contributed by atoms with Crippen LogP contribution in [0.4, 0.5) is 0 Å². The molecule has 1 amide bonds. The Bertz CT molecular complexity index is 593. The van der Waals surface area contributed by atoms with Crippen LogP contribution in [0.25, 0.3) is 6.08 Å². The van der Waals surface area contributed by atoms with E-state index < -0.39 is 0 Å². The van der Waals surface area contributed by atoms with E-state index in [9.17, 15) is 4.79 Å². The molecule has 3 heteroatoms. The van der Waals surface area contributed by atoms with Crippen LogP contribution < -0.4 is 5.32 Å². The fourth-order valence-electron chi connectivity index (χ4n) is 1.85. The van der Waals surface area contributed by atoms with Crippen molar-refractivity contribution in [1.82, 2.24) is 5.32 Å². The minimum atomic E-state index is -0.271. The maximum Gasteiger partial charge on any atom is 0.263 e. The summed E-state index contributed by atoms with van der Waals surface area (Å²) in [7, 11) is 0. The highest BCUT2D eigenvalue weighted by molar-refractivity contribution is 6.44. The number of hydrogen-bond acceptors (Lipinski definition) is 1. The summed E-state index contributed by atoms with van der Waals surface area (Å²) >= 11 is 6.05.